The summed E-state index contributed by atoms with van der Waals surface area (Å²) in [6.45, 7) is 2.02. The molecule has 1 aromatic carbocycles. The lowest BCUT2D eigenvalue weighted by Gasteiger charge is -2.12. The van der Waals surface area contributed by atoms with E-state index in [0.717, 1.165) is 30.0 Å². The highest BCUT2D eigenvalue weighted by atomic mass is 32.2. The van der Waals surface area contributed by atoms with Gasteiger partial charge >= 0.3 is 0 Å². The number of Topliss-reactive ketones (excluding diaryl/α,β-unsaturated/α-hetero) is 1. The molecule has 1 aromatic heterocycles. The Morgan fingerprint density at radius 3 is 2.80 bits per heavy atom. The van der Waals surface area contributed by atoms with Gasteiger partial charge in [0.1, 0.15) is 0 Å². The Hall–Kier alpha value is -1.69. The maximum atomic E-state index is 12.5. The number of ketones is 1. The van der Waals surface area contributed by atoms with Crippen molar-refractivity contribution in [3.05, 3.63) is 35.9 Å². The smallest absolute Gasteiger partial charge is 0.210 e. The van der Waals surface area contributed by atoms with Gasteiger partial charge in [-0.1, -0.05) is 49.0 Å². The van der Waals surface area contributed by atoms with Gasteiger partial charge in [-0.3, -0.25) is 4.79 Å². The summed E-state index contributed by atoms with van der Waals surface area (Å²) in [5.74, 6) is 0.142. The molecule has 1 aliphatic rings. The Labute approximate surface area is 121 Å². The SMILES string of the molecule is CCC(Sc1nnnn1C1CC1)C(=O)c1ccccc1. The zero-order valence-electron chi connectivity index (χ0n) is 11.3. The third kappa shape index (κ3) is 2.75. The quantitative estimate of drug-likeness (QED) is 0.604. The van der Waals surface area contributed by atoms with Gasteiger partial charge in [-0.25, -0.2) is 4.68 Å². The average Bonchev–Trinajstić information content (AvgIpc) is 3.24. The number of hydrogen-bond acceptors (Lipinski definition) is 5. The fraction of sp³-hybridized carbons (Fsp3) is 0.429. The van der Waals surface area contributed by atoms with Crippen LogP contribution in [-0.4, -0.2) is 31.2 Å². The summed E-state index contributed by atoms with van der Waals surface area (Å²) in [6.07, 6.45) is 3.01. The van der Waals surface area contributed by atoms with Gasteiger partial charge in [-0.05, 0) is 29.7 Å². The fourth-order valence-corrected chi connectivity index (χ4v) is 3.09. The molecule has 0 aliphatic heterocycles. The van der Waals surface area contributed by atoms with E-state index in [9.17, 15) is 4.79 Å². The van der Waals surface area contributed by atoms with Crippen molar-refractivity contribution in [1.82, 2.24) is 20.2 Å². The molecular formula is C14H16N4OS. The van der Waals surface area contributed by atoms with Crippen LogP contribution in [0.25, 0.3) is 0 Å². The molecule has 6 heteroatoms. The molecule has 1 saturated carbocycles. The number of tetrazole rings is 1. The van der Waals surface area contributed by atoms with Gasteiger partial charge < -0.3 is 0 Å². The second-order valence-corrected chi connectivity index (χ2v) is 6.05. The molecule has 20 heavy (non-hydrogen) atoms. The van der Waals surface area contributed by atoms with Crippen molar-refractivity contribution < 1.29 is 4.79 Å². The molecular weight excluding hydrogens is 272 g/mol. The molecule has 3 rings (SSSR count). The lowest BCUT2D eigenvalue weighted by molar-refractivity contribution is 0.0988. The normalized spacial score (nSPS) is 16.1. The monoisotopic (exact) mass is 288 g/mol. The van der Waals surface area contributed by atoms with Crippen molar-refractivity contribution >= 4 is 17.5 Å². The first-order valence-corrected chi connectivity index (χ1v) is 7.71. The van der Waals surface area contributed by atoms with Crippen LogP contribution in [0.4, 0.5) is 0 Å². The molecule has 104 valence electrons. The Bertz CT molecular complexity index is 594. The Kier molecular flexibility index (Phi) is 3.82. The lowest BCUT2D eigenvalue weighted by Crippen LogP contribution is -2.17. The fourth-order valence-electron chi connectivity index (χ4n) is 2.05. The Balaban J connectivity index is 1.76. The van der Waals surface area contributed by atoms with Gasteiger partial charge in [0.25, 0.3) is 0 Å². The van der Waals surface area contributed by atoms with Crippen LogP contribution >= 0.6 is 11.8 Å². The maximum Gasteiger partial charge on any atom is 0.210 e. The van der Waals surface area contributed by atoms with Gasteiger partial charge in [-0.15, -0.1) is 5.10 Å². The number of carbonyl (C=O) groups is 1. The van der Waals surface area contributed by atoms with Gasteiger partial charge in [0.2, 0.25) is 5.16 Å². The molecule has 1 unspecified atom stereocenters. The first kappa shape index (κ1) is 13.3. The highest BCUT2D eigenvalue weighted by Gasteiger charge is 2.30. The van der Waals surface area contributed by atoms with E-state index in [1.807, 2.05) is 41.9 Å². The second kappa shape index (κ2) is 5.75. The van der Waals surface area contributed by atoms with Crippen LogP contribution in [0.15, 0.2) is 35.5 Å². The number of benzene rings is 1. The van der Waals surface area contributed by atoms with Crippen LogP contribution < -0.4 is 0 Å². The van der Waals surface area contributed by atoms with Gasteiger partial charge in [0.05, 0.1) is 11.3 Å². The highest BCUT2D eigenvalue weighted by molar-refractivity contribution is 8.00. The van der Waals surface area contributed by atoms with Gasteiger partial charge in [0.15, 0.2) is 5.78 Å². The van der Waals surface area contributed by atoms with Crippen LogP contribution in [0.1, 0.15) is 42.6 Å². The molecule has 5 nitrogen and oxygen atoms in total. The predicted octanol–water partition coefficient (Wildman–Crippen LogP) is 2.76. The van der Waals surface area contributed by atoms with Gasteiger partial charge in [0, 0.05) is 5.56 Å². The molecule has 1 aliphatic carbocycles. The topological polar surface area (TPSA) is 60.7 Å². The van der Waals surface area contributed by atoms with E-state index in [1.54, 1.807) is 0 Å². The first-order valence-electron chi connectivity index (χ1n) is 6.83. The largest absolute Gasteiger partial charge is 0.293 e. The summed E-state index contributed by atoms with van der Waals surface area (Å²) in [5, 5.41) is 12.4. The van der Waals surface area contributed by atoms with Crippen molar-refractivity contribution in [1.29, 1.82) is 0 Å². The van der Waals surface area contributed by atoms with Crippen molar-refractivity contribution in [3.8, 4) is 0 Å². The highest BCUT2D eigenvalue weighted by Crippen LogP contribution is 2.37. The number of carbonyl (C=O) groups excluding carboxylic acids is 1. The summed E-state index contributed by atoms with van der Waals surface area (Å²) >= 11 is 1.47. The Morgan fingerprint density at radius 2 is 2.15 bits per heavy atom. The van der Waals surface area contributed by atoms with E-state index < -0.39 is 0 Å². The van der Waals surface area contributed by atoms with Crippen LogP contribution in [0.2, 0.25) is 0 Å². The molecule has 2 aromatic rings. The van der Waals surface area contributed by atoms with E-state index in [-0.39, 0.29) is 11.0 Å². The van der Waals surface area contributed by atoms with E-state index in [1.165, 1.54) is 11.8 Å². The molecule has 0 N–H and O–H groups in total. The van der Waals surface area contributed by atoms with Crippen molar-refractivity contribution in [2.24, 2.45) is 0 Å². The zero-order chi connectivity index (χ0) is 13.9. The number of hydrogen-bond donors (Lipinski definition) is 0. The summed E-state index contributed by atoms with van der Waals surface area (Å²) in [6, 6.07) is 9.83. The first-order chi connectivity index (χ1) is 9.79. The molecule has 1 atom stereocenters. The number of thioether (sulfide) groups is 1. The second-order valence-electron chi connectivity index (χ2n) is 4.88. The van der Waals surface area contributed by atoms with Crippen LogP contribution in [0.3, 0.4) is 0 Å². The summed E-state index contributed by atoms with van der Waals surface area (Å²) in [4.78, 5) is 12.5. The van der Waals surface area contributed by atoms with E-state index >= 15 is 0 Å². The maximum absolute atomic E-state index is 12.5. The minimum atomic E-state index is -0.138. The molecule has 1 fully saturated rings. The molecule has 0 radical (unpaired) electrons. The predicted molar refractivity (Wildman–Crippen MR) is 76.8 cm³/mol. The number of rotatable bonds is 6. The summed E-state index contributed by atoms with van der Waals surface area (Å²) in [7, 11) is 0. The van der Waals surface area contributed by atoms with E-state index in [2.05, 4.69) is 15.5 Å². The molecule has 0 bridgehead atoms. The van der Waals surface area contributed by atoms with E-state index in [4.69, 9.17) is 0 Å². The summed E-state index contributed by atoms with van der Waals surface area (Å²) < 4.78 is 1.85. The standard InChI is InChI=1S/C14H16N4OS/c1-2-12(13(19)10-6-4-3-5-7-10)20-14-15-16-17-18(14)11-8-9-11/h3-7,11-12H,2,8-9H2,1H3. The molecule has 1 heterocycles. The number of nitrogens with zero attached hydrogens (tertiary/aromatic N) is 4. The zero-order valence-corrected chi connectivity index (χ0v) is 12.1. The molecule has 0 amide bonds. The Morgan fingerprint density at radius 1 is 1.40 bits per heavy atom. The average molecular weight is 288 g/mol. The van der Waals surface area contributed by atoms with Gasteiger partial charge in [-0.2, -0.15) is 0 Å². The van der Waals surface area contributed by atoms with Crippen LogP contribution in [-0.2, 0) is 0 Å². The number of aromatic nitrogens is 4. The molecule has 0 saturated heterocycles. The minimum absolute atomic E-state index is 0.138. The third-order valence-electron chi connectivity index (χ3n) is 3.32. The van der Waals surface area contributed by atoms with Crippen molar-refractivity contribution in [2.45, 2.75) is 42.6 Å². The third-order valence-corrected chi connectivity index (χ3v) is 4.64. The van der Waals surface area contributed by atoms with Crippen molar-refractivity contribution in [2.75, 3.05) is 0 Å². The molecule has 0 spiro atoms. The van der Waals surface area contributed by atoms with Crippen LogP contribution in [0.5, 0.6) is 0 Å². The van der Waals surface area contributed by atoms with E-state index in [0.29, 0.717) is 6.04 Å². The van der Waals surface area contributed by atoms with Crippen LogP contribution in [0, 0.1) is 0 Å². The summed E-state index contributed by atoms with van der Waals surface area (Å²) in [5.41, 5.74) is 0.747. The lowest BCUT2D eigenvalue weighted by atomic mass is 10.1. The van der Waals surface area contributed by atoms with Crippen molar-refractivity contribution in [3.63, 3.8) is 0 Å². The minimum Gasteiger partial charge on any atom is -0.293 e.